The number of amides is 2. The van der Waals surface area contributed by atoms with Crippen molar-refractivity contribution in [3.05, 3.63) is 35.9 Å². The highest BCUT2D eigenvalue weighted by atomic mass is 32.2. The van der Waals surface area contributed by atoms with Crippen molar-refractivity contribution in [2.75, 3.05) is 52.4 Å². The highest BCUT2D eigenvalue weighted by molar-refractivity contribution is 7.88. The molecule has 0 bridgehead atoms. The van der Waals surface area contributed by atoms with E-state index in [1.807, 2.05) is 35.2 Å². The van der Waals surface area contributed by atoms with Gasteiger partial charge in [-0.1, -0.05) is 30.3 Å². The fraction of sp³-hybridized carbons (Fsp3) is 0.600. The minimum atomic E-state index is -3.33. The number of benzene rings is 1. The molecule has 0 unspecified atom stereocenters. The number of hydrogen-bond donors (Lipinski definition) is 2. The van der Waals surface area contributed by atoms with Crippen LogP contribution in [0.2, 0.25) is 0 Å². The Morgan fingerprint density at radius 2 is 1.83 bits per heavy atom. The molecular formula is C20H31N4O4S+. The first-order chi connectivity index (χ1) is 13.9. The van der Waals surface area contributed by atoms with Crippen molar-refractivity contribution in [2.45, 2.75) is 25.0 Å². The topological polar surface area (TPSA) is 91.2 Å². The summed E-state index contributed by atoms with van der Waals surface area (Å²) >= 11 is 0. The van der Waals surface area contributed by atoms with Gasteiger partial charge in [0, 0.05) is 26.1 Å². The van der Waals surface area contributed by atoms with Gasteiger partial charge < -0.3 is 15.1 Å². The van der Waals surface area contributed by atoms with Gasteiger partial charge in [0.2, 0.25) is 15.9 Å². The Morgan fingerprint density at radius 1 is 1.10 bits per heavy atom. The SMILES string of the molecule is O=C(C[NH+]1CCN(S(=O)(=O)Cc2ccccc2)CC1)NCCCN1CCCC1=O. The standard InChI is InChI=1S/C20H30N4O4S/c25-19(21-9-5-11-23-10-4-8-20(23)26)16-22-12-14-24(15-13-22)29(27,28)17-18-6-2-1-3-7-18/h1-3,6-7H,4-5,8-17H2,(H,21,25)/p+1. The number of likely N-dealkylation sites (tertiary alicyclic amines) is 1. The Kier molecular flexibility index (Phi) is 7.63. The third kappa shape index (κ3) is 6.52. The molecule has 2 N–H and O–H groups in total. The summed E-state index contributed by atoms with van der Waals surface area (Å²) in [6, 6.07) is 9.20. The Morgan fingerprint density at radius 3 is 2.48 bits per heavy atom. The van der Waals surface area contributed by atoms with Crippen LogP contribution in [0.4, 0.5) is 0 Å². The lowest BCUT2D eigenvalue weighted by molar-refractivity contribution is -0.895. The van der Waals surface area contributed by atoms with E-state index in [0.717, 1.165) is 29.8 Å². The summed E-state index contributed by atoms with van der Waals surface area (Å²) in [7, 11) is -3.33. The van der Waals surface area contributed by atoms with Crippen LogP contribution < -0.4 is 10.2 Å². The zero-order chi connectivity index (χ0) is 20.7. The Balaban J connectivity index is 1.33. The molecule has 0 radical (unpaired) electrons. The van der Waals surface area contributed by atoms with Crippen LogP contribution in [0.5, 0.6) is 0 Å². The average molecular weight is 424 g/mol. The number of carbonyl (C=O) groups is 2. The van der Waals surface area contributed by atoms with Crippen LogP contribution in [0, 0.1) is 0 Å². The molecule has 3 rings (SSSR count). The van der Waals surface area contributed by atoms with Crippen molar-refractivity contribution in [1.82, 2.24) is 14.5 Å². The van der Waals surface area contributed by atoms with Gasteiger partial charge in [-0.15, -0.1) is 0 Å². The third-order valence-corrected chi connectivity index (χ3v) is 7.37. The highest BCUT2D eigenvalue weighted by Gasteiger charge is 2.30. The van der Waals surface area contributed by atoms with Crippen LogP contribution in [0.25, 0.3) is 0 Å². The van der Waals surface area contributed by atoms with Crippen LogP contribution in [0.1, 0.15) is 24.8 Å². The summed E-state index contributed by atoms with van der Waals surface area (Å²) in [5.41, 5.74) is 0.789. The monoisotopic (exact) mass is 423 g/mol. The zero-order valence-corrected chi connectivity index (χ0v) is 17.6. The molecule has 0 spiro atoms. The quantitative estimate of drug-likeness (QED) is 0.491. The van der Waals surface area contributed by atoms with Crippen molar-refractivity contribution in [1.29, 1.82) is 0 Å². The van der Waals surface area contributed by atoms with E-state index >= 15 is 0 Å². The second-order valence-corrected chi connectivity index (χ2v) is 9.72. The van der Waals surface area contributed by atoms with Gasteiger partial charge in [-0.05, 0) is 18.4 Å². The molecule has 0 atom stereocenters. The molecule has 2 aliphatic rings. The zero-order valence-electron chi connectivity index (χ0n) is 16.8. The number of rotatable bonds is 9. The minimum absolute atomic E-state index is 0.0170. The average Bonchev–Trinajstić information content (AvgIpc) is 3.11. The Labute approximate surface area is 172 Å². The first kappa shape index (κ1) is 21.7. The van der Waals surface area contributed by atoms with Gasteiger partial charge in [0.15, 0.2) is 6.54 Å². The van der Waals surface area contributed by atoms with Crippen molar-refractivity contribution < 1.29 is 22.9 Å². The van der Waals surface area contributed by atoms with Crippen molar-refractivity contribution in [3.63, 3.8) is 0 Å². The molecule has 2 heterocycles. The Hall–Kier alpha value is -1.97. The normalized spacial score (nSPS) is 18.9. The van der Waals surface area contributed by atoms with E-state index in [-0.39, 0.29) is 17.6 Å². The van der Waals surface area contributed by atoms with E-state index in [1.54, 1.807) is 0 Å². The van der Waals surface area contributed by atoms with Crippen LogP contribution in [-0.4, -0.2) is 81.8 Å². The predicted molar refractivity (Wildman–Crippen MR) is 110 cm³/mol. The van der Waals surface area contributed by atoms with Crippen molar-refractivity contribution >= 4 is 21.8 Å². The molecule has 2 amide bonds. The summed E-state index contributed by atoms with van der Waals surface area (Å²) in [5, 5.41) is 2.91. The molecule has 0 aromatic heterocycles. The molecule has 0 saturated carbocycles. The van der Waals surface area contributed by atoms with E-state index in [4.69, 9.17) is 0 Å². The van der Waals surface area contributed by atoms with E-state index in [1.165, 1.54) is 4.31 Å². The number of carbonyl (C=O) groups excluding carboxylic acids is 2. The highest BCUT2D eigenvalue weighted by Crippen LogP contribution is 2.11. The first-order valence-electron chi connectivity index (χ1n) is 10.3. The molecular weight excluding hydrogens is 392 g/mol. The van der Waals surface area contributed by atoms with Gasteiger partial charge in [0.1, 0.15) is 0 Å². The summed E-state index contributed by atoms with van der Waals surface area (Å²) in [4.78, 5) is 26.7. The number of quaternary nitrogens is 1. The van der Waals surface area contributed by atoms with E-state index < -0.39 is 10.0 Å². The number of hydrogen-bond acceptors (Lipinski definition) is 4. The maximum atomic E-state index is 12.6. The van der Waals surface area contributed by atoms with Crippen LogP contribution >= 0.6 is 0 Å². The summed E-state index contributed by atoms with van der Waals surface area (Å²) < 4.78 is 26.7. The van der Waals surface area contributed by atoms with Crippen LogP contribution in [0.15, 0.2) is 30.3 Å². The van der Waals surface area contributed by atoms with Gasteiger partial charge in [-0.3, -0.25) is 9.59 Å². The van der Waals surface area contributed by atoms with Crippen molar-refractivity contribution in [2.24, 2.45) is 0 Å². The van der Waals surface area contributed by atoms with E-state index in [0.29, 0.717) is 52.2 Å². The fourth-order valence-electron chi connectivity index (χ4n) is 3.86. The lowest BCUT2D eigenvalue weighted by Crippen LogP contribution is -3.15. The number of nitrogens with zero attached hydrogens (tertiary/aromatic N) is 2. The van der Waals surface area contributed by atoms with Gasteiger partial charge in [0.25, 0.3) is 5.91 Å². The Bertz CT molecular complexity index is 792. The molecule has 29 heavy (non-hydrogen) atoms. The second-order valence-electron chi connectivity index (χ2n) is 7.76. The second kappa shape index (κ2) is 10.2. The summed E-state index contributed by atoms with van der Waals surface area (Å²) in [6.45, 7) is 4.58. The molecule has 2 aliphatic heterocycles. The third-order valence-electron chi connectivity index (χ3n) is 5.52. The van der Waals surface area contributed by atoms with Gasteiger partial charge in [-0.2, -0.15) is 4.31 Å². The summed E-state index contributed by atoms with van der Waals surface area (Å²) in [5.74, 6) is 0.206. The molecule has 2 saturated heterocycles. The fourth-order valence-corrected chi connectivity index (χ4v) is 5.40. The molecule has 160 valence electrons. The largest absolute Gasteiger partial charge is 0.351 e. The molecule has 2 fully saturated rings. The smallest absolute Gasteiger partial charge is 0.275 e. The number of piperazine rings is 1. The van der Waals surface area contributed by atoms with Crippen molar-refractivity contribution in [3.8, 4) is 0 Å². The van der Waals surface area contributed by atoms with Gasteiger partial charge in [0.05, 0.1) is 31.9 Å². The lowest BCUT2D eigenvalue weighted by Gasteiger charge is -2.31. The minimum Gasteiger partial charge on any atom is -0.351 e. The van der Waals surface area contributed by atoms with Crippen LogP contribution in [-0.2, 0) is 25.4 Å². The number of nitrogens with one attached hydrogen (secondary N) is 2. The first-order valence-corrected chi connectivity index (χ1v) is 11.9. The number of sulfonamides is 1. The maximum absolute atomic E-state index is 12.6. The van der Waals surface area contributed by atoms with E-state index in [2.05, 4.69) is 5.32 Å². The lowest BCUT2D eigenvalue weighted by atomic mass is 10.2. The van der Waals surface area contributed by atoms with Gasteiger partial charge in [-0.25, -0.2) is 8.42 Å². The molecule has 0 aliphatic carbocycles. The van der Waals surface area contributed by atoms with Gasteiger partial charge >= 0.3 is 0 Å². The van der Waals surface area contributed by atoms with E-state index in [9.17, 15) is 18.0 Å². The molecule has 9 heteroatoms. The molecule has 8 nitrogen and oxygen atoms in total. The maximum Gasteiger partial charge on any atom is 0.275 e. The predicted octanol–water partition coefficient (Wildman–Crippen LogP) is -1.15. The summed E-state index contributed by atoms with van der Waals surface area (Å²) in [6.07, 6.45) is 2.34. The molecule has 1 aromatic carbocycles. The molecule has 1 aromatic rings. The van der Waals surface area contributed by atoms with Crippen LogP contribution in [0.3, 0.4) is 0 Å².